The average Bonchev–Trinajstić information content (AvgIpc) is 2.21. The fourth-order valence-electron chi connectivity index (χ4n) is 1.18. The summed E-state index contributed by atoms with van der Waals surface area (Å²) in [7, 11) is 0. The molecule has 0 spiro atoms. The second-order valence-electron chi connectivity index (χ2n) is 2.83. The van der Waals surface area contributed by atoms with Crippen LogP contribution in [0.2, 0.25) is 0 Å². The van der Waals surface area contributed by atoms with Crippen LogP contribution in [0.25, 0.3) is 12.2 Å². The molecule has 0 saturated heterocycles. The van der Waals surface area contributed by atoms with Gasteiger partial charge in [-0.05, 0) is 38.3 Å². The predicted octanol–water partition coefficient (Wildman–Crippen LogP) is 3.48. The van der Waals surface area contributed by atoms with Crippen LogP contribution >= 0.6 is 0 Å². The maximum atomic E-state index is 4.29. The molecular weight excluding hydrogens is 172 g/mol. The van der Waals surface area contributed by atoms with E-state index in [1.165, 1.54) is 0 Å². The quantitative estimate of drug-likeness (QED) is 0.663. The summed E-state index contributed by atoms with van der Waals surface area (Å²) in [6.45, 7) is 7.45. The molecular formula is C12H14N2. The molecule has 72 valence electrons. The molecule has 2 nitrogen and oxygen atoms in total. The lowest BCUT2D eigenvalue weighted by Crippen LogP contribution is -1.83. The Kier molecular flexibility index (Phi) is 3.80. The van der Waals surface area contributed by atoms with Crippen molar-refractivity contribution in [2.75, 3.05) is 0 Å². The van der Waals surface area contributed by atoms with Crippen LogP contribution in [-0.4, -0.2) is 11.7 Å². The molecule has 0 aromatic carbocycles. The monoisotopic (exact) mass is 186 g/mol. The molecule has 0 unspecified atom stereocenters. The Morgan fingerprint density at radius 3 is 2.57 bits per heavy atom. The molecule has 0 N–H and O–H groups in total. The molecule has 0 aliphatic rings. The maximum absolute atomic E-state index is 4.29. The number of pyridine rings is 1. The Morgan fingerprint density at radius 2 is 2.00 bits per heavy atom. The highest BCUT2D eigenvalue weighted by molar-refractivity contribution is 5.66. The molecule has 0 saturated carbocycles. The highest BCUT2D eigenvalue weighted by Crippen LogP contribution is 2.19. The number of aliphatic imine (C=N–C) groups is 1. The fourth-order valence-corrected chi connectivity index (χ4v) is 1.18. The van der Waals surface area contributed by atoms with Crippen molar-refractivity contribution in [3.63, 3.8) is 0 Å². The largest absolute Gasteiger partial charge is 0.262 e. The molecule has 0 amide bonds. The summed E-state index contributed by atoms with van der Waals surface area (Å²) >= 11 is 0. The van der Waals surface area contributed by atoms with E-state index in [0.717, 1.165) is 16.9 Å². The molecule has 1 aromatic heterocycles. The van der Waals surface area contributed by atoms with Crippen LogP contribution in [0.5, 0.6) is 0 Å². The molecule has 0 bridgehead atoms. The third-order valence-electron chi connectivity index (χ3n) is 1.77. The summed E-state index contributed by atoms with van der Waals surface area (Å²) in [6, 6.07) is 1.97. The molecule has 0 aliphatic heterocycles. The van der Waals surface area contributed by atoms with E-state index in [-0.39, 0.29) is 0 Å². The molecule has 1 heterocycles. The van der Waals surface area contributed by atoms with Gasteiger partial charge in [0.05, 0.1) is 11.4 Å². The van der Waals surface area contributed by atoms with Gasteiger partial charge < -0.3 is 0 Å². The second kappa shape index (κ2) is 5.12. The Balaban J connectivity index is 3.17. The van der Waals surface area contributed by atoms with Crippen molar-refractivity contribution in [3.8, 4) is 0 Å². The first kappa shape index (κ1) is 10.4. The molecule has 14 heavy (non-hydrogen) atoms. The normalized spacial score (nSPS) is 11.3. The van der Waals surface area contributed by atoms with Gasteiger partial charge in [0.25, 0.3) is 0 Å². The molecule has 2 heteroatoms. The van der Waals surface area contributed by atoms with Crippen molar-refractivity contribution in [1.82, 2.24) is 4.98 Å². The van der Waals surface area contributed by atoms with E-state index in [9.17, 15) is 0 Å². The minimum atomic E-state index is 0.818. The number of nitrogens with zero attached hydrogens (tertiary/aromatic N) is 2. The van der Waals surface area contributed by atoms with Gasteiger partial charge in [0.15, 0.2) is 0 Å². The van der Waals surface area contributed by atoms with Crippen LogP contribution in [0.1, 0.15) is 25.1 Å². The zero-order chi connectivity index (χ0) is 10.4. The lowest BCUT2D eigenvalue weighted by molar-refractivity contribution is 1.27. The summed E-state index contributed by atoms with van der Waals surface area (Å²) in [5.74, 6) is 0. The minimum Gasteiger partial charge on any atom is -0.262 e. The fraction of sp³-hybridized carbons (Fsp3) is 0.167. The minimum absolute atomic E-state index is 0.818. The maximum Gasteiger partial charge on any atom is 0.0885 e. The van der Waals surface area contributed by atoms with Crippen molar-refractivity contribution >= 4 is 24.6 Å². The van der Waals surface area contributed by atoms with Gasteiger partial charge >= 0.3 is 0 Å². The average molecular weight is 186 g/mol. The summed E-state index contributed by atoms with van der Waals surface area (Å²) < 4.78 is 0. The van der Waals surface area contributed by atoms with E-state index in [1.54, 1.807) is 0 Å². The smallest absolute Gasteiger partial charge is 0.0885 e. The first-order valence-corrected chi connectivity index (χ1v) is 4.54. The van der Waals surface area contributed by atoms with Crippen LogP contribution in [-0.2, 0) is 0 Å². The van der Waals surface area contributed by atoms with Gasteiger partial charge in [-0.15, -0.1) is 0 Å². The van der Waals surface area contributed by atoms with Crippen molar-refractivity contribution in [2.24, 2.45) is 4.99 Å². The highest BCUT2D eigenvalue weighted by Gasteiger charge is 1.98. The molecule has 0 aliphatic carbocycles. The Bertz CT molecular complexity index is 376. The first-order chi connectivity index (χ1) is 6.81. The van der Waals surface area contributed by atoms with Gasteiger partial charge in [-0.25, -0.2) is 0 Å². The molecule has 0 radical (unpaired) electrons. The van der Waals surface area contributed by atoms with Crippen molar-refractivity contribution in [2.45, 2.75) is 13.8 Å². The first-order valence-electron chi connectivity index (χ1n) is 4.54. The number of hydrogen-bond donors (Lipinski definition) is 0. The number of allylic oxidation sites excluding steroid dienone is 2. The standard InChI is InChI=1S/C12H14N2/c1-4-6-10-8-12(13-3)11(7-5-2)14-9-10/h4-9H,3H2,1-2H3/b6-4+,7-5-. The van der Waals surface area contributed by atoms with Gasteiger partial charge in [0.2, 0.25) is 0 Å². The molecule has 0 fully saturated rings. The molecule has 0 atom stereocenters. The predicted molar refractivity (Wildman–Crippen MR) is 62.9 cm³/mol. The summed E-state index contributed by atoms with van der Waals surface area (Å²) in [6.07, 6.45) is 9.64. The van der Waals surface area contributed by atoms with Gasteiger partial charge in [-0.2, -0.15) is 0 Å². The number of aromatic nitrogens is 1. The number of rotatable bonds is 3. The summed E-state index contributed by atoms with van der Waals surface area (Å²) in [5.41, 5.74) is 2.72. The van der Waals surface area contributed by atoms with Crippen LogP contribution < -0.4 is 0 Å². The third-order valence-corrected chi connectivity index (χ3v) is 1.77. The zero-order valence-corrected chi connectivity index (χ0v) is 8.57. The van der Waals surface area contributed by atoms with Gasteiger partial charge in [0, 0.05) is 6.20 Å². The number of hydrogen-bond acceptors (Lipinski definition) is 2. The van der Waals surface area contributed by atoms with Gasteiger partial charge in [-0.3, -0.25) is 9.98 Å². The molecule has 1 rings (SSSR count). The zero-order valence-electron chi connectivity index (χ0n) is 8.57. The van der Waals surface area contributed by atoms with E-state index in [2.05, 4.69) is 16.7 Å². The topological polar surface area (TPSA) is 25.2 Å². The highest BCUT2D eigenvalue weighted by atomic mass is 14.8. The van der Waals surface area contributed by atoms with Crippen molar-refractivity contribution in [1.29, 1.82) is 0 Å². The third kappa shape index (κ3) is 2.39. The Morgan fingerprint density at radius 1 is 1.29 bits per heavy atom. The van der Waals surface area contributed by atoms with E-state index < -0.39 is 0 Å². The van der Waals surface area contributed by atoms with E-state index in [4.69, 9.17) is 0 Å². The lowest BCUT2D eigenvalue weighted by atomic mass is 10.2. The van der Waals surface area contributed by atoms with Crippen LogP contribution in [0.15, 0.2) is 29.4 Å². The van der Waals surface area contributed by atoms with E-state index in [1.807, 2.05) is 50.4 Å². The van der Waals surface area contributed by atoms with Crippen LogP contribution in [0, 0.1) is 0 Å². The Labute approximate surface area is 84.7 Å². The van der Waals surface area contributed by atoms with Gasteiger partial charge in [0.1, 0.15) is 0 Å². The Hall–Kier alpha value is -1.70. The van der Waals surface area contributed by atoms with Crippen LogP contribution in [0.3, 0.4) is 0 Å². The van der Waals surface area contributed by atoms with E-state index >= 15 is 0 Å². The van der Waals surface area contributed by atoms with Crippen LogP contribution in [0.4, 0.5) is 5.69 Å². The lowest BCUT2D eigenvalue weighted by Gasteiger charge is -2.00. The summed E-state index contributed by atoms with van der Waals surface area (Å²) in [5, 5.41) is 0. The molecule has 1 aromatic rings. The second-order valence-corrected chi connectivity index (χ2v) is 2.83. The van der Waals surface area contributed by atoms with Crippen molar-refractivity contribution in [3.05, 3.63) is 35.7 Å². The van der Waals surface area contributed by atoms with Gasteiger partial charge in [-0.1, -0.05) is 18.2 Å². The SMILES string of the molecule is C=Nc1cc(/C=C/C)cnc1/C=C\C. The van der Waals surface area contributed by atoms with E-state index in [0.29, 0.717) is 0 Å². The summed E-state index contributed by atoms with van der Waals surface area (Å²) in [4.78, 5) is 8.22. The van der Waals surface area contributed by atoms with Crippen molar-refractivity contribution < 1.29 is 0 Å².